The fourth-order valence-corrected chi connectivity index (χ4v) is 1.51. The van der Waals surface area contributed by atoms with Crippen molar-refractivity contribution in [2.24, 2.45) is 11.5 Å². The molecule has 0 saturated heterocycles. The normalized spacial score (nSPS) is 12.0. The van der Waals surface area contributed by atoms with Gasteiger partial charge in [-0.2, -0.15) is 0 Å². The van der Waals surface area contributed by atoms with Crippen molar-refractivity contribution in [3.8, 4) is 5.88 Å². The molecular formula is C13H20N4O3. The fourth-order valence-electron chi connectivity index (χ4n) is 1.51. The number of nitrogens with one attached hydrogen (secondary N) is 1. The minimum Gasteiger partial charge on any atom is -0.475 e. The SMILES string of the molecule is CC(C)Oc1ncccc1CNC(=O)C(N)CC(N)=O. The van der Waals surface area contributed by atoms with Crippen LogP contribution in [0.25, 0.3) is 0 Å². The molecule has 2 amide bonds. The van der Waals surface area contributed by atoms with Gasteiger partial charge >= 0.3 is 0 Å². The third-order valence-electron chi connectivity index (χ3n) is 2.41. The first-order valence-corrected chi connectivity index (χ1v) is 6.32. The molecule has 0 saturated carbocycles. The van der Waals surface area contributed by atoms with Crippen LogP contribution in [0.5, 0.6) is 5.88 Å². The number of nitrogens with zero attached hydrogens (tertiary/aromatic N) is 1. The zero-order valence-electron chi connectivity index (χ0n) is 11.6. The number of hydrogen-bond donors (Lipinski definition) is 3. The second-order valence-electron chi connectivity index (χ2n) is 4.63. The van der Waals surface area contributed by atoms with Crippen LogP contribution >= 0.6 is 0 Å². The molecule has 0 aliphatic carbocycles. The van der Waals surface area contributed by atoms with Gasteiger partial charge in [-0.15, -0.1) is 0 Å². The number of primary amides is 1. The number of nitrogens with two attached hydrogens (primary N) is 2. The summed E-state index contributed by atoms with van der Waals surface area (Å²) in [6, 6.07) is 2.60. The molecule has 7 nitrogen and oxygen atoms in total. The molecule has 20 heavy (non-hydrogen) atoms. The molecule has 110 valence electrons. The van der Waals surface area contributed by atoms with Crippen molar-refractivity contribution >= 4 is 11.8 Å². The molecule has 1 unspecified atom stereocenters. The molecule has 0 bridgehead atoms. The zero-order chi connectivity index (χ0) is 15.1. The summed E-state index contributed by atoms with van der Waals surface area (Å²) in [5.74, 6) is -0.590. The van der Waals surface area contributed by atoms with Crippen LogP contribution in [-0.2, 0) is 16.1 Å². The quantitative estimate of drug-likeness (QED) is 0.632. The number of rotatable bonds is 7. The Morgan fingerprint density at radius 2 is 2.15 bits per heavy atom. The Morgan fingerprint density at radius 3 is 2.75 bits per heavy atom. The molecule has 7 heteroatoms. The van der Waals surface area contributed by atoms with E-state index in [4.69, 9.17) is 16.2 Å². The number of pyridine rings is 1. The predicted molar refractivity (Wildman–Crippen MR) is 73.6 cm³/mol. The molecule has 1 rings (SSSR count). The molecule has 0 spiro atoms. The molecule has 1 atom stereocenters. The maximum absolute atomic E-state index is 11.7. The van der Waals surface area contributed by atoms with E-state index in [1.165, 1.54) is 0 Å². The van der Waals surface area contributed by atoms with Crippen LogP contribution in [0.4, 0.5) is 0 Å². The number of aromatic nitrogens is 1. The largest absolute Gasteiger partial charge is 0.475 e. The highest BCUT2D eigenvalue weighted by molar-refractivity contribution is 5.87. The van der Waals surface area contributed by atoms with Gasteiger partial charge in [0, 0.05) is 18.3 Å². The third kappa shape index (κ3) is 5.23. The lowest BCUT2D eigenvalue weighted by atomic mass is 10.2. The van der Waals surface area contributed by atoms with Crippen LogP contribution in [-0.4, -0.2) is 28.9 Å². The van der Waals surface area contributed by atoms with Gasteiger partial charge in [-0.1, -0.05) is 6.07 Å². The first-order valence-electron chi connectivity index (χ1n) is 6.32. The fraction of sp³-hybridized carbons (Fsp3) is 0.462. The Morgan fingerprint density at radius 1 is 1.45 bits per heavy atom. The van der Waals surface area contributed by atoms with Crippen LogP contribution in [0.1, 0.15) is 25.8 Å². The van der Waals surface area contributed by atoms with Crippen molar-refractivity contribution in [1.82, 2.24) is 10.3 Å². The summed E-state index contributed by atoms with van der Waals surface area (Å²) in [7, 11) is 0. The van der Waals surface area contributed by atoms with Gasteiger partial charge in [0.2, 0.25) is 17.7 Å². The summed E-state index contributed by atoms with van der Waals surface area (Å²) in [4.78, 5) is 26.5. The van der Waals surface area contributed by atoms with Gasteiger partial charge in [-0.05, 0) is 19.9 Å². The molecule has 0 aromatic carbocycles. The molecule has 0 radical (unpaired) electrons. The van der Waals surface area contributed by atoms with E-state index in [2.05, 4.69) is 10.3 Å². The molecule has 0 aliphatic heterocycles. The van der Waals surface area contributed by atoms with Crippen molar-refractivity contribution in [1.29, 1.82) is 0 Å². The van der Waals surface area contributed by atoms with Crippen LogP contribution in [0.15, 0.2) is 18.3 Å². The maximum atomic E-state index is 11.7. The third-order valence-corrected chi connectivity index (χ3v) is 2.41. The highest BCUT2D eigenvalue weighted by Crippen LogP contribution is 2.15. The Kier molecular flexibility index (Phi) is 5.92. The Hall–Kier alpha value is -2.15. The topological polar surface area (TPSA) is 120 Å². The second kappa shape index (κ2) is 7.44. The number of amides is 2. The zero-order valence-corrected chi connectivity index (χ0v) is 11.6. The number of hydrogen-bond acceptors (Lipinski definition) is 5. The monoisotopic (exact) mass is 280 g/mol. The Balaban J connectivity index is 2.61. The summed E-state index contributed by atoms with van der Waals surface area (Å²) in [5, 5.41) is 2.63. The van der Waals surface area contributed by atoms with Crippen molar-refractivity contribution < 1.29 is 14.3 Å². The van der Waals surface area contributed by atoms with E-state index in [0.29, 0.717) is 5.88 Å². The predicted octanol–water partition coefficient (Wildman–Crippen LogP) is -0.312. The van der Waals surface area contributed by atoms with E-state index >= 15 is 0 Å². The number of carbonyl (C=O) groups excluding carboxylic acids is 2. The average Bonchev–Trinajstić information content (AvgIpc) is 2.35. The van der Waals surface area contributed by atoms with E-state index in [-0.39, 0.29) is 19.1 Å². The number of ether oxygens (including phenoxy) is 1. The van der Waals surface area contributed by atoms with Gasteiger partial charge in [0.1, 0.15) is 0 Å². The van der Waals surface area contributed by atoms with E-state index in [1.807, 2.05) is 13.8 Å². The molecule has 1 aromatic rings. The van der Waals surface area contributed by atoms with Crippen LogP contribution in [0, 0.1) is 0 Å². The smallest absolute Gasteiger partial charge is 0.237 e. The van der Waals surface area contributed by atoms with Gasteiger partial charge in [-0.3, -0.25) is 9.59 Å². The van der Waals surface area contributed by atoms with Gasteiger partial charge in [-0.25, -0.2) is 4.98 Å². The summed E-state index contributed by atoms with van der Waals surface area (Å²) >= 11 is 0. The van der Waals surface area contributed by atoms with Crippen molar-refractivity contribution in [2.75, 3.05) is 0 Å². The summed E-state index contributed by atoms with van der Waals surface area (Å²) in [6.45, 7) is 4.00. The van der Waals surface area contributed by atoms with Crippen molar-refractivity contribution in [2.45, 2.75) is 39.0 Å². The molecule has 5 N–H and O–H groups in total. The second-order valence-corrected chi connectivity index (χ2v) is 4.63. The lowest BCUT2D eigenvalue weighted by Crippen LogP contribution is -2.42. The maximum Gasteiger partial charge on any atom is 0.237 e. The average molecular weight is 280 g/mol. The summed E-state index contributed by atoms with van der Waals surface area (Å²) < 4.78 is 5.53. The van der Waals surface area contributed by atoms with Crippen LogP contribution in [0.2, 0.25) is 0 Å². The standard InChI is InChI=1S/C13H20N4O3/c1-8(2)20-13-9(4-3-5-16-13)7-17-12(19)10(14)6-11(15)18/h3-5,8,10H,6-7,14H2,1-2H3,(H2,15,18)(H,17,19). The first kappa shape index (κ1) is 15.9. The van der Waals surface area contributed by atoms with E-state index in [0.717, 1.165) is 5.56 Å². The van der Waals surface area contributed by atoms with Gasteiger partial charge in [0.05, 0.1) is 18.6 Å². The minimum absolute atomic E-state index is 0.0172. The van der Waals surface area contributed by atoms with E-state index < -0.39 is 17.9 Å². The summed E-state index contributed by atoms with van der Waals surface area (Å²) in [5.41, 5.74) is 11.3. The first-order chi connectivity index (χ1) is 9.40. The molecule has 0 fully saturated rings. The minimum atomic E-state index is -0.946. The molecular weight excluding hydrogens is 260 g/mol. The lowest BCUT2D eigenvalue weighted by molar-refractivity contribution is -0.126. The lowest BCUT2D eigenvalue weighted by Gasteiger charge is -2.14. The highest BCUT2D eigenvalue weighted by atomic mass is 16.5. The highest BCUT2D eigenvalue weighted by Gasteiger charge is 2.16. The molecule has 1 heterocycles. The van der Waals surface area contributed by atoms with E-state index in [1.54, 1.807) is 18.3 Å². The molecule has 1 aromatic heterocycles. The summed E-state index contributed by atoms with van der Waals surface area (Å²) in [6.07, 6.45) is 1.41. The van der Waals surface area contributed by atoms with Crippen LogP contribution in [0.3, 0.4) is 0 Å². The van der Waals surface area contributed by atoms with Crippen molar-refractivity contribution in [3.05, 3.63) is 23.9 Å². The van der Waals surface area contributed by atoms with Gasteiger partial charge in [0.25, 0.3) is 0 Å². The van der Waals surface area contributed by atoms with Crippen LogP contribution < -0.4 is 21.5 Å². The Labute approximate surface area is 117 Å². The Bertz CT molecular complexity index is 476. The van der Waals surface area contributed by atoms with Gasteiger partial charge < -0.3 is 21.5 Å². The van der Waals surface area contributed by atoms with E-state index in [9.17, 15) is 9.59 Å². The van der Waals surface area contributed by atoms with Crippen molar-refractivity contribution in [3.63, 3.8) is 0 Å². The number of carbonyl (C=O) groups is 2. The molecule has 0 aliphatic rings. The van der Waals surface area contributed by atoms with Gasteiger partial charge in [0.15, 0.2) is 0 Å².